The van der Waals surface area contributed by atoms with Crippen molar-refractivity contribution in [2.24, 2.45) is 5.92 Å². The van der Waals surface area contributed by atoms with Gasteiger partial charge < -0.3 is 10.2 Å². The fraction of sp³-hybridized carbons (Fsp3) is 0.333. The van der Waals surface area contributed by atoms with Crippen LogP contribution < -0.4 is 10.2 Å². The average Bonchev–Trinajstić information content (AvgIpc) is 3.00. The number of hydrogen-bond acceptors (Lipinski definition) is 2. The highest BCUT2D eigenvalue weighted by Gasteiger charge is 2.35. The van der Waals surface area contributed by atoms with Crippen LogP contribution in [0.5, 0.6) is 0 Å². The molecule has 25 heavy (non-hydrogen) atoms. The Morgan fingerprint density at radius 2 is 1.88 bits per heavy atom. The summed E-state index contributed by atoms with van der Waals surface area (Å²) in [5.41, 5.74) is 5.16. The van der Waals surface area contributed by atoms with Crippen LogP contribution >= 0.6 is 0 Å². The largest absolute Gasteiger partial charge is 0.326 e. The Morgan fingerprint density at radius 3 is 2.56 bits per heavy atom. The summed E-state index contributed by atoms with van der Waals surface area (Å²) in [6, 6.07) is 13.8. The molecule has 0 spiro atoms. The molecule has 0 radical (unpaired) electrons. The van der Waals surface area contributed by atoms with Crippen molar-refractivity contribution in [3.8, 4) is 0 Å². The highest BCUT2D eigenvalue weighted by Crippen LogP contribution is 2.30. The molecule has 1 aliphatic heterocycles. The molecule has 1 saturated heterocycles. The number of rotatable bonds is 4. The number of benzene rings is 2. The minimum atomic E-state index is -0.321. The van der Waals surface area contributed by atoms with E-state index in [0.29, 0.717) is 6.54 Å². The maximum absolute atomic E-state index is 12.6. The Balaban J connectivity index is 1.71. The van der Waals surface area contributed by atoms with Crippen molar-refractivity contribution in [1.82, 2.24) is 0 Å². The molecular formula is C21H24N2O2. The average molecular weight is 336 g/mol. The first-order valence-electron chi connectivity index (χ1n) is 8.76. The summed E-state index contributed by atoms with van der Waals surface area (Å²) < 4.78 is 0. The SMILES string of the molecule is CCc1ccc(NC(=O)[C@H]2CC(=O)N(c3cccc(C)c3C)C2)cc1. The van der Waals surface area contributed by atoms with Crippen molar-refractivity contribution in [2.45, 2.75) is 33.6 Å². The molecule has 130 valence electrons. The Bertz CT molecular complexity index is 796. The molecule has 1 aliphatic rings. The van der Waals surface area contributed by atoms with E-state index in [0.717, 1.165) is 28.9 Å². The van der Waals surface area contributed by atoms with Crippen LogP contribution in [0.2, 0.25) is 0 Å². The summed E-state index contributed by atoms with van der Waals surface area (Å²) in [6.45, 7) is 6.58. The molecule has 3 rings (SSSR count). The summed E-state index contributed by atoms with van der Waals surface area (Å²) in [4.78, 5) is 26.7. The molecule has 2 aromatic carbocycles. The van der Waals surface area contributed by atoms with E-state index in [9.17, 15) is 9.59 Å². The first-order chi connectivity index (χ1) is 12.0. The van der Waals surface area contributed by atoms with Gasteiger partial charge in [-0.3, -0.25) is 9.59 Å². The van der Waals surface area contributed by atoms with E-state index in [1.54, 1.807) is 4.90 Å². The van der Waals surface area contributed by atoms with Gasteiger partial charge >= 0.3 is 0 Å². The van der Waals surface area contributed by atoms with Gasteiger partial charge in [0.25, 0.3) is 0 Å². The zero-order valence-electron chi connectivity index (χ0n) is 15.0. The molecule has 2 amide bonds. The number of nitrogens with zero attached hydrogens (tertiary/aromatic N) is 1. The molecule has 0 aromatic heterocycles. The second-order valence-electron chi connectivity index (χ2n) is 6.66. The molecule has 4 nitrogen and oxygen atoms in total. The van der Waals surface area contributed by atoms with Gasteiger partial charge in [-0.2, -0.15) is 0 Å². The summed E-state index contributed by atoms with van der Waals surface area (Å²) in [5.74, 6) is -0.404. The van der Waals surface area contributed by atoms with Gasteiger partial charge in [-0.25, -0.2) is 0 Å². The van der Waals surface area contributed by atoms with Crippen LogP contribution in [0.25, 0.3) is 0 Å². The lowest BCUT2D eigenvalue weighted by Gasteiger charge is -2.20. The van der Waals surface area contributed by atoms with Crippen LogP contribution in [0, 0.1) is 19.8 Å². The highest BCUT2D eigenvalue weighted by atomic mass is 16.2. The number of amides is 2. The number of carbonyl (C=O) groups excluding carboxylic acids is 2. The van der Waals surface area contributed by atoms with Crippen molar-refractivity contribution < 1.29 is 9.59 Å². The Kier molecular flexibility index (Phi) is 4.88. The van der Waals surface area contributed by atoms with E-state index >= 15 is 0 Å². The predicted octanol–water partition coefficient (Wildman–Crippen LogP) is 3.86. The normalized spacial score (nSPS) is 17.0. The molecular weight excluding hydrogens is 312 g/mol. The summed E-state index contributed by atoms with van der Waals surface area (Å²) in [6.07, 6.45) is 1.22. The molecule has 1 fully saturated rings. The van der Waals surface area contributed by atoms with E-state index < -0.39 is 0 Å². The highest BCUT2D eigenvalue weighted by molar-refractivity contribution is 6.03. The smallest absolute Gasteiger partial charge is 0.229 e. The molecule has 4 heteroatoms. The second-order valence-corrected chi connectivity index (χ2v) is 6.66. The standard InChI is InChI=1S/C21H24N2O2/c1-4-16-8-10-18(11-9-16)22-21(25)17-12-20(24)23(13-17)19-7-5-6-14(2)15(19)3/h5-11,17H,4,12-13H2,1-3H3,(H,22,25)/t17-/m0/s1. The van der Waals surface area contributed by atoms with Gasteiger partial charge in [0.05, 0.1) is 5.92 Å². The number of anilines is 2. The maximum atomic E-state index is 12.6. The van der Waals surface area contributed by atoms with E-state index in [2.05, 4.69) is 12.2 Å². The van der Waals surface area contributed by atoms with Crippen LogP contribution in [0.3, 0.4) is 0 Å². The first-order valence-corrected chi connectivity index (χ1v) is 8.76. The third-order valence-electron chi connectivity index (χ3n) is 4.99. The third kappa shape index (κ3) is 3.58. The molecule has 0 aliphatic carbocycles. The van der Waals surface area contributed by atoms with Crippen molar-refractivity contribution in [3.63, 3.8) is 0 Å². The summed E-state index contributed by atoms with van der Waals surface area (Å²) >= 11 is 0. The maximum Gasteiger partial charge on any atom is 0.229 e. The van der Waals surface area contributed by atoms with Gasteiger partial charge in [0.2, 0.25) is 11.8 Å². The molecule has 1 N–H and O–H groups in total. The zero-order chi connectivity index (χ0) is 18.0. The van der Waals surface area contributed by atoms with E-state index in [4.69, 9.17) is 0 Å². The Morgan fingerprint density at radius 1 is 1.16 bits per heavy atom. The van der Waals surface area contributed by atoms with Crippen LogP contribution in [0.15, 0.2) is 42.5 Å². The van der Waals surface area contributed by atoms with Crippen molar-refractivity contribution >= 4 is 23.2 Å². The fourth-order valence-electron chi connectivity index (χ4n) is 3.21. The Hall–Kier alpha value is -2.62. The minimum absolute atomic E-state index is 0.00943. The second kappa shape index (κ2) is 7.09. The predicted molar refractivity (Wildman–Crippen MR) is 101 cm³/mol. The molecule has 0 saturated carbocycles. The molecule has 0 bridgehead atoms. The van der Waals surface area contributed by atoms with E-state index in [1.165, 1.54) is 5.56 Å². The minimum Gasteiger partial charge on any atom is -0.326 e. The van der Waals surface area contributed by atoms with Gasteiger partial charge in [-0.05, 0) is 55.2 Å². The topological polar surface area (TPSA) is 49.4 Å². The van der Waals surface area contributed by atoms with Gasteiger partial charge in [0.15, 0.2) is 0 Å². The summed E-state index contributed by atoms with van der Waals surface area (Å²) in [7, 11) is 0. The number of aryl methyl sites for hydroxylation is 2. The summed E-state index contributed by atoms with van der Waals surface area (Å²) in [5, 5.41) is 2.94. The van der Waals surface area contributed by atoms with Gasteiger partial charge in [0.1, 0.15) is 0 Å². The van der Waals surface area contributed by atoms with E-state index in [1.807, 2.05) is 56.3 Å². The van der Waals surface area contributed by atoms with Gasteiger partial charge in [-0.1, -0.05) is 31.2 Å². The number of nitrogens with one attached hydrogen (secondary N) is 1. The Labute approximate surface area is 148 Å². The van der Waals surface area contributed by atoms with E-state index in [-0.39, 0.29) is 24.2 Å². The third-order valence-corrected chi connectivity index (χ3v) is 4.99. The first kappa shape index (κ1) is 17.2. The molecule has 1 atom stereocenters. The number of hydrogen-bond donors (Lipinski definition) is 1. The lowest BCUT2D eigenvalue weighted by atomic mass is 10.1. The van der Waals surface area contributed by atoms with Crippen molar-refractivity contribution in [2.75, 3.05) is 16.8 Å². The van der Waals surface area contributed by atoms with Crippen molar-refractivity contribution in [1.29, 1.82) is 0 Å². The van der Waals surface area contributed by atoms with Crippen LogP contribution in [0.1, 0.15) is 30.0 Å². The van der Waals surface area contributed by atoms with Crippen LogP contribution in [-0.2, 0) is 16.0 Å². The zero-order valence-corrected chi connectivity index (χ0v) is 15.0. The fourth-order valence-corrected chi connectivity index (χ4v) is 3.21. The molecule has 1 heterocycles. The quantitative estimate of drug-likeness (QED) is 0.922. The molecule has 2 aromatic rings. The monoisotopic (exact) mass is 336 g/mol. The van der Waals surface area contributed by atoms with Gasteiger partial charge in [0, 0.05) is 24.3 Å². The van der Waals surface area contributed by atoms with Crippen molar-refractivity contribution in [3.05, 3.63) is 59.2 Å². The van der Waals surface area contributed by atoms with Crippen LogP contribution in [-0.4, -0.2) is 18.4 Å². The lowest BCUT2D eigenvalue weighted by molar-refractivity contribution is -0.122. The molecule has 0 unspecified atom stereocenters. The van der Waals surface area contributed by atoms with Crippen LogP contribution in [0.4, 0.5) is 11.4 Å². The number of carbonyl (C=O) groups is 2. The lowest BCUT2D eigenvalue weighted by Crippen LogP contribution is -2.28. The van der Waals surface area contributed by atoms with Gasteiger partial charge in [-0.15, -0.1) is 0 Å².